The van der Waals surface area contributed by atoms with E-state index in [-0.39, 0.29) is 17.3 Å². The maximum absolute atomic E-state index is 13.6. The van der Waals surface area contributed by atoms with Crippen molar-refractivity contribution >= 4 is 5.91 Å². The Morgan fingerprint density at radius 2 is 1.88 bits per heavy atom. The number of carbonyl (C=O) groups excluding carboxylic acids is 1. The molecule has 0 aromatic heterocycles. The fraction of sp³-hybridized carbons (Fsp3) is 0.381. The first-order chi connectivity index (χ1) is 11.9. The van der Waals surface area contributed by atoms with Crippen LogP contribution in [0.25, 0.3) is 0 Å². The standard InChI is InChI=1S/C21H25FN2O/c1-15-7-9-16(10-8-15)14-21(11-12-21)23-20(25)19(24(2)3)17-5-4-6-18(22)13-17/h4-10,13,19H,11-12,14H2,1-3H3,(H,23,25). The summed E-state index contributed by atoms with van der Waals surface area (Å²) < 4.78 is 13.6. The van der Waals surface area contributed by atoms with E-state index in [0.717, 1.165) is 19.3 Å². The summed E-state index contributed by atoms with van der Waals surface area (Å²) in [6.45, 7) is 2.07. The van der Waals surface area contributed by atoms with Gasteiger partial charge < -0.3 is 5.32 Å². The lowest BCUT2D eigenvalue weighted by Gasteiger charge is -2.27. The average molecular weight is 340 g/mol. The minimum Gasteiger partial charge on any atom is -0.349 e. The number of amides is 1. The van der Waals surface area contributed by atoms with Gasteiger partial charge in [0.15, 0.2) is 0 Å². The monoisotopic (exact) mass is 340 g/mol. The van der Waals surface area contributed by atoms with Crippen molar-refractivity contribution in [2.75, 3.05) is 14.1 Å². The second-order valence-electron chi connectivity index (χ2n) is 7.35. The Morgan fingerprint density at radius 3 is 2.44 bits per heavy atom. The van der Waals surface area contributed by atoms with Crippen LogP contribution in [0.5, 0.6) is 0 Å². The molecule has 2 aromatic rings. The summed E-state index contributed by atoms with van der Waals surface area (Å²) in [7, 11) is 3.68. The van der Waals surface area contributed by atoms with E-state index in [0.29, 0.717) is 5.56 Å². The molecular weight excluding hydrogens is 315 g/mol. The fourth-order valence-electron chi connectivity index (χ4n) is 3.28. The van der Waals surface area contributed by atoms with Crippen molar-refractivity contribution < 1.29 is 9.18 Å². The van der Waals surface area contributed by atoms with Gasteiger partial charge >= 0.3 is 0 Å². The van der Waals surface area contributed by atoms with Crippen molar-refractivity contribution in [3.05, 3.63) is 71.0 Å². The first kappa shape index (κ1) is 17.6. The van der Waals surface area contributed by atoms with E-state index in [1.807, 2.05) is 19.0 Å². The van der Waals surface area contributed by atoms with Crippen LogP contribution in [0.3, 0.4) is 0 Å². The highest BCUT2D eigenvalue weighted by Crippen LogP contribution is 2.39. The summed E-state index contributed by atoms with van der Waals surface area (Å²) in [5, 5.41) is 3.23. The number of nitrogens with one attached hydrogen (secondary N) is 1. The van der Waals surface area contributed by atoms with E-state index in [1.165, 1.54) is 23.3 Å². The molecule has 2 aromatic carbocycles. The molecule has 3 rings (SSSR count). The van der Waals surface area contributed by atoms with Gasteiger partial charge in [0.1, 0.15) is 11.9 Å². The van der Waals surface area contributed by atoms with Crippen LogP contribution in [0.2, 0.25) is 0 Å². The molecule has 1 fully saturated rings. The molecule has 0 saturated heterocycles. The van der Waals surface area contributed by atoms with E-state index >= 15 is 0 Å². The Kier molecular flexibility index (Phi) is 4.91. The number of aryl methyl sites for hydroxylation is 1. The number of nitrogens with zero attached hydrogens (tertiary/aromatic N) is 1. The zero-order valence-corrected chi connectivity index (χ0v) is 15.1. The number of hydrogen-bond donors (Lipinski definition) is 1. The highest BCUT2D eigenvalue weighted by atomic mass is 19.1. The maximum atomic E-state index is 13.6. The smallest absolute Gasteiger partial charge is 0.242 e. The molecule has 4 heteroatoms. The summed E-state index contributed by atoms with van der Waals surface area (Å²) >= 11 is 0. The molecule has 1 aliphatic carbocycles. The number of benzene rings is 2. The Bertz CT molecular complexity index is 751. The molecule has 0 aliphatic heterocycles. The topological polar surface area (TPSA) is 32.3 Å². The van der Waals surface area contributed by atoms with Crippen molar-refractivity contribution in [2.45, 2.75) is 37.8 Å². The number of rotatable bonds is 6. The van der Waals surface area contributed by atoms with Crippen LogP contribution < -0.4 is 5.32 Å². The van der Waals surface area contributed by atoms with Crippen LogP contribution >= 0.6 is 0 Å². The Hall–Kier alpha value is -2.20. The van der Waals surface area contributed by atoms with E-state index in [2.05, 4.69) is 36.5 Å². The quantitative estimate of drug-likeness (QED) is 0.871. The van der Waals surface area contributed by atoms with Crippen LogP contribution in [0.1, 0.15) is 35.6 Å². The highest BCUT2D eigenvalue weighted by molar-refractivity contribution is 5.84. The molecule has 1 atom stereocenters. The summed E-state index contributed by atoms with van der Waals surface area (Å²) in [6.07, 6.45) is 2.80. The Morgan fingerprint density at radius 1 is 1.20 bits per heavy atom. The van der Waals surface area contributed by atoms with Gasteiger partial charge in [0.2, 0.25) is 5.91 Å². The minimum absolute atomic E-state index is 0.0692. The third-order valence-electron chi connectivity index (χ3n) is 4.83. The summed E-state index contributed by atoms with van der Waals surface area (Å²) in [5.74, 6) is -0.391. The van der Waals surface area contributed by atoms with Crippen molar-refractivity contribution in [1.82, 2.24) is 10.2 Å². The van der Waals surface area contributed by atoms with Gasteiger partial charge in [-0.1, -0.05) is 42.0 Å². The molecule has 1 N–H and O–H groups in total. The number of hydrogen-bond acceptors (Lipinski definition) is 2. The first-order valence-corrected chi connectivity index (χ1v) is 8.68. The van der Waals surface area contributed by atoms with Gasteiger partial charge in [-0.2, -0.15) is 0 Å². The third kappa shape index (κ3) is 4.26. The first-order valence-electron chi connectivity index (χ1n) is 8.68. The summed E-state index contributed by atoms with van der Waals surface area (Å²) in [5.41, 5.74) is 2.98. The van der Waals surface area contributed by atoms with E-state index in [1.54, 1.807) is 12.1 Å². The lowest BCUT2D eigenvalue weighted by molar-refractivity contribution is -0.126. The Balaban J connectivity index is 1.74. The van der Waals surface area contributed by atoms with Crippen LogP contribution in [0.15, 0.2) is 48.5 Å². The second kappa shape index (κ2) is 6.96. The van der Waals surface area contributed by atoms with Crippen molar-refractivity contribution in [3.63, 3.8) is 0 Å². The zero-order chi connectivity index (χ0) is 18.0. The van der Waals surface area contributed by atoms with Gasteiger partial charge in [-0.3, -0.25) is 9.69 Å². The van der Waals surface area contributed by atoms with E-state index < -0.39 is 6.04 Å². The van der Waals surface area contributed by atoms with Gasteiger partial charge in [0.05, 0.1) is 0 Å². The summed E-state index contributed by atoms with van der Waals surface area (Å²) in [4.78, 5) is 14.7. The van der Waals surface area contributed by atoms with Crippen molar-refractivity contribution in [2.24, 2.45) is 0 Å². The lowest BCUT2D eigenvalue weighted by Crippen LogP contribution is -2.44. The molecular formula is C21H25FN2O. The predicted molar refractivity (Wildman–Crippen MR) is 97.8 cm³/mol. The largest absolute Gasteiger partial charge is 0.349 e. The number of carbonyl (C=O) groups is 1. The van der Waals surface area contributed by atoms with E-state index in [4.69, 9.17) is 0 Å². The van der Waals surface area contributed by atoms with Gasteiger partial charge in [-0.05, 0) is 63.5 Å². The third-order valence-corrected chi connectivity index (χ3v) is 4.83. The molecule has 3 nitrogen and oxygen atoms in total. The zero-order valence-electron chi connectivity index (χ0n) is 15.1. The number of likely N-dealkylation sites (N-methyl/N-ethyl adjacent to an activating group) is 1. The molecule has 132 valence electrons. The number of halogens is 1. The normalized spacial score (nSPS) is 16.5. The molecule has 25 heavy (non-hydrogen) atoms. The predicted octanol–water partition coefficient (Wildman–Crippen LogP) is 3.63. The van der Waals surface area contributed by atoms with Crippen LogP contribution in [0, 0.1) is 12.7 Å². The van der Waals surface area contributed by atoms with Gasteiger partial charge in [0, 0.05) is 5.54 Å². The second-order valence-corrected chi connectivity index (χ2v) is 7.35. The molecule has 0 heterocycles. The molecule has 1 saturated carbocycles. The van der Waals surface area contributed by atoms with Gasteiger partial charge in [-0.25, -0.2) is 4.39 Å². The molecule has 0 bridgehead atoms. The van der Waals surface area contributed by atoms with Gasteiger partial charge in [-0.15, -0.1) is 0 Å². The van der Waals surface area contributed by atoms with Crippen molar-refractivity contribution in [3.8, 4) is 0 Å². The minimum atomic E-state index is -0.494. The maximum Gasteiger partial charge on any atom is 0.242 e. The molecule has 1 aliphatic rings. The molecule has 1 unspecified atom stereocenters. The van der Waals surface area contributed by atoms with Gasteiger partial charge in [0.25, 0.3) is 0 Å². The van der Waals surface area contributed by atoms with Crippen molar-refractivity contribution in [1.29, 1.82) is 0 Å². The SMILES string of the molecule is Cc1ccc(CC2(NC(=O)C(c3cccc(F)c3)N(C)C)CC2)cc1. The highest BCUT2D eigenvalue weighted by Gasteiger charge is 2.45. The molecule has 1 amide bonds. The Labute approximate surface area is 148 Å². The molecule has 0 spiro atoms. The lowest BCUT2D eigenvalue weighted by atomic mass is 10.0. The van der Waals surface area contributed by atoms with Crippen LogP contribution in [0.4, 0.5) is 4.39 Å². The fourth-order valence-corrected chi connectivity index (χ4v) is 3.28. The van der Waals surface area contributed by atoms with Crippen LogP contribution in [-0.2, 0) is 11.2 Å². The summed E-state index contributed by atoms with van der Waals surface area (Å²) in [6, 6.07) is 14.2. The van der Waals surface area contributed by atoms with E-state index in [9.17, 15) is 9.18 Å². The molecule has 0 radical (unpaired) electrons. The average Bonchev–Trinajstić information content (AvgIpc) is 3.28. The van der Waals surface area contributed by atoms with Crippen LogP contribution in [-0.4, -0.2) is 30.4 Å².